The van der Waals surface area contributed by atoms with Crippen LogP contribution in [0.1, 0.15) is 31.5 Å². The Morgan fingerprint density at radius 3 is 2.32 bits per heavy atom. The van der Waals surface area contributed by atoms with Crippen LogP contribution in [0.15, 0.2) is 30.5 Å². The van der Waals surface area contributed by atoms with Crippen molar-refractivity contribution < 1.29 is 36.2 Å². The molecule has 0 aliphatic carbocycles. The van der Waals surface area contributed by atoms with Gasteiger partial charge in [-0.15, -0.1) is 10.2 Å². The number of halogens is 6. The summed E-state index contributed by atoms with van der Waals surface area (Å²) >= 11 is 0. The number of imidazole rings is 1. The maximum absolute atomic E-state index is 14.8. The monoisotopic (exact) mass is 447 g/mol. The molecule has 0 saturated heterocycles. The van der Waals surface area contributed by atoms with E-state index in [0.29, 0.717) is 6.92 Å². The summed E-state index contributed by atoms with van der Waals surface area (Å²) in [6.45, 7) is 1.81. The maximum Gasteiger partial charge on any atom is 0.462 e. The van der Waals surface area contributed by atoms with E-state index in [4.69, 9.17) is 0 Å². The number of benzene rings is 1. The summed E-state index contributed by atoms with van der Waals surface area (Å²) in [6.07, 6.45) is -7.97. The zero-order valence-corrected chi connectivity index (χ0v) is 16.0. The van der Waals surface area contributed by atoms with Gasteiger partial charge in [-0.3, -0.25) is 4.57 Å². The maximum atomic E-state index is 14.8. The van der Waals surface area contributed by atoms with Gasteiger partial charge in [-0.2, -0.15) is 22.0 Å². The van der Waals surface area contributed by atoms with Crippen molar-refractivity contribution in [1.29, 1.82) is 0 Å². The minimum atomic E-state index is -5.01. The number of ether oxygens (including phenoxy) is 1. The van der Waals surface area contributed by atoms with E-state index in [2.05, 4.69) is 19.9 Å². The van der Waals surface area contributed by atoms with Gasteiger partial charge in [0.05, 0.1) is 12.2 Å². The largest absolute Gasteiger partial charge is 0.462 e. The Hall–Kier alpha value is -3.09. The summed E-state index contributed by atoms with van der Waals surface area (Å²) in [5.41, 5.74) is -3.28. The molecule has 1 aromatic carbocycles. The summed E-state index contributed by atoms with van der Waals surface area (Å²) in [7, 11) is 0. The van der Waals surface area contributed by atoms with Crippen LogP contribution in [0, 0.1) is 5.82 Å². The summed E-state index contributed by atoms with van der Waals surface area (Å²) in [5.74, 6) is -2.68. The molecule has 3 aromatic rings. The van der Waals surface area contributed by atoms with Crippen LogP contribution in [0.2, 0.25) is 0 Å². The SMILES string of the molecule is C[C@H]1Cn2c(nnc2C(F)(F)Oc2ccc(F)cc2)-c2cnc([C@@](C)(O)C(F)(F)F)n21. The summed E-state index contributed by atoms with van der Waals surface area (Å²) in [6, 6.07) is 3.11. The second-order valence-corrected chi connectivity index (χ2v) is 7.29. The fourth-order valence-electron chi connectivity index (χ4n) is 3.38. The molecule has 0 radical (unpaired) electrons. The highest BCUT2D eigenvalue weighted by Crippen LogP contribution is 2.43. The Kier molecular flexibility index (Phi) is 4.57. The highest BCUT2D eigenvalue weighted by molar-refractivity contribution is 5.52. The predicted octanol–water partition coefficient (Wildman–Crippen LogP) is 3.75. The van der Waals surface area contributed by atoms with E-state index in [0.717, 1.165) is 39.6 Å². The van der Waals surface area contributed by atoms with E-state index in [-0.39, 0.29) is 23.8 Å². The van der Waals surface area contributed by atoms with E-state index in [1.807, 2.05) is 0 Å². The van der Waals surface area contributed by atoms with Gasteiger partial charge in [0.1, 0.15) is 17.3 Å². The van der Waals surface area contributed by atoms with Crippen molar-refractivity contribution in [3.63, 3.8) is 0 Å². The summed E-state index contributed by atoms with van der Waals surface area (Å²) < 4.78 is 89.2. The van der Waals surface area contributed by atoms with Crippen LogP contribution < -0.4 is 4.74 Å². The van der Waals surface area contributed by atoms with E-state index in [1.54, 1.807) is 0 Å². The molecule has 2 aromatic heterocycles. The van der Waals surface area contributed by atoms with Crippen molar-refractivity contribution in [3.8, 4) is 17.3 Å². The number of aliphatic hydroxyl groups is 1. The van der Waals surface area contributed by atoms with Crippen molar-refractivity contribution in [1.82, 2.24) is 24.3 Å². The number of alkyl halides is 5. The first-order chi connectivity index (χ1) is 14.3. The van der Waals surface area contributed by atoms with Gasteiger partial charge >= 0.3 is 12.3 Å². The minimum absolute atomic E-state index is 0.0189. The lowest BCUT2D eigenvalue weighted by Gasteiger charge is -2.32. The Morgan fingerprint density at radius 1 is 1.06 bits per heavy atom. The fourth-order valence-corrected chi connectivity index (χ4v) is 3.38. The van der Waals surface area contributed by atoms with E-state index in [9.17, 15) is 31.4 Å². The highest BCUT2D eigenvalue weighted by atomic mass is 19.4. The Bertz CT molecular complexity index is 1120. The number of nitrogens with zero attached hydrogens (tertiary/aromatic N) is 5. The van der Waals surface area contributed by atoms with E-state index >= 15 is 0 Å². The van der Waals surface area contributed by atoms with Gasteiger partial charge < -0.3 is 14.4 Å². The van der Waals surface area contributed by atoms with Crippen molar-refractivity contribution in [2.24, 2.45) is 0 Å². The molecule has 4 rings (SSSR count). The highest BCUT2D eigenvalue weighted by Gasteiger charge is 2.55. The Labute approximate surface area is 170 Å². The molecule has 0 spiro atoms. The lowest BCUT2D eigenvalue weighted by atomic mass is 10.0. The molecule has 0 bridgehead atoms. The average Bonchev–Trinajstić information content (AvgIpc) is 3.27. The Morgan fingerprint density at radius 2 is 1.71 bits per heavy atom. The van der Waals surface area contributed by atoms with Gasteiger partial charge in [0.15, 0.2) is 11.6 Å². The third kappa shape index (κ3) is 3.32. The van der Waals surface area contributed by atoms with Crippen LogP contribution in [0.25, 0.3) is 11.5 Å². The molecule has 0 amide bonds. The molecular weight excluding hydrogens is 432 g/mol. The van der Waals surface area contributed by atoms with Crippen LogP contribution in [-0.4, -0.2) is 35.6 Å². The van der Waals surface area contributed by atoms with Crippen molar-refractivity contribution in [2.45, 2.75) is 44.3 Å². The van der Waals surface area contributed by atoms with Gasteiger partial charge in [-0.05, 0) is 38.1 Å². The predicted molar refractivity (Wildman–Crippen MR) is 92.5 cm³/mol. The molecule has 1 N–H and O–H groups in total. The van der Waals surface area contributed by atoms with Gasteiger partial charge in [0.25, 0.3) is 0 Å². The third-order valence-corrected chi connectivity index (χ3v) is 4.97. The molecular formula is C18H15F6N5O2. The quantitative estimate of drug-likeness (QED) is 0.617. The van der Waals surface area contributed by atoms with E-state index < -0.39 is 41.4 Å². The zero-order valence-electron chi connectivity index (χ0n) is 16.0. The minimum Gasteiger partial charge on any atom is -0.427 e. The number of hydrogen-bond donors (Lipinski definition) is 1. The van der Waals surface area contributed by atoms with Gasteiger partial charge in [-0.25, -0.2) is 9.37 Å². The van der Waals surface area contributed by atoms with Crippen molar-refractivity contribution in [3.05, 3.63) is 47.9 Å². The molecule has 0 fully saturated rings. The first-order valence-electron chi connectivity index (χ1n) is 8.96. The van der Waals surface area contributed by atoms with Crippen LogP contribution >= 0.6 is 0 Å². The topological polar surface area (TPSA) is 78.0 Å². The van der Waals surface area contributed by atoms with Gasteiger partial charge in [0.2, 0.25) is 11.4 Å². The lowest BCUT2D eigenvalue weighted by Crippen LogP contribution is -2.43. The molecule has 7 nitrogen and oxygen atoms in total. The normalized spacial score (nSPS) is 18.3. The molecule has 166 valence electrons. The average molecular weight is 447 g/mol. The molecule has 0 unspecified atom stereocenters. The summed E-state index contributed by atoms with van der Waals surface area (Å²) in [5, 5.41) is 17.2. The first-order valence-corrected chi connectivity index (χ1v) is 8.96. The first kappa shape index (κ1) is 21.2. The molecule has 0 saturated carbocycles. The molecule has 31 heavy (non-hydrogen) atoms. The third-order valence-electron chi connectivity index (χ3n) is 4.97. The number of aromatic nitrogens is 5. The second-order valence-electron chi connectivity index (χ2n) is 7.29. The van der Waals surface area contributed by atoms with Gasteiger partial charge in [0, 0.05) is 6.54 Å². The number of hydrogen-bond acceptors (Lipinski definition) is 5. The smallest absolute Gasteiger partial charge is 0.427 e. The fraction of sp³-hybridized carbons (Fsp3) is 0.389. The van der Waals surface area contributed by atoms with Crippen LogP contribution in [0.4, 0.5) is 26.3 Å². The Balaban J connectivity index is 1.75. The molecule has 1 aliphatic rings. The number of rotatable bonds is 4. The molecule has 13 heteroatoms. The molecule has 3 heterocycles. The number of fused-ring (bicyclic) bond motifs is 3. The van der Waals surface area contributed by atoms with Crippen molar-refractivity contribution in [2.75, 3.05) is 0 Å². The zero-order chi connectivity index (χ0) is 22.8. The van der Waals surface area contributed by atoms with Crippen LogP contribution in [-0.2, 0) is 18.3 Å². The van der Waals surface area contributed by atoms with Crippen LogP contribution in [0.3, 0.4) is 0 Å². The van der Waals surface area contributed by atoms with Crippen LogP contribution in [0.5, 0.6) is 5.75 Å². The van der Waals surface area contributed by atoms with E-state index in [1.165, 1.54) is 6.92 Å². The second kappa shape index (κ2) is 6.70. The standard InChI is InChI=1S/C18H15F6N5O2/c1-9-8-28-13(12-7-25-14(29(9)12)16(2,30)18(22,23)24)26-27-15(28)17(20,21)31-11-5-3-10(19)4-6-11/h3-7,9,30H,8H2,1-2H3/t9-,16+/m0/s1. The van der Waals surface area contributed by atoms with Gasteiger partial charge in [-0.1, -0.05) is 0 Å². The van der Waals surface area contributed by atoms with Crippen molar-refractivity contribution >= 4 is 0 Å². The molecule has 1 aliphatic heterocycles. The lowest BCUT2D eigenvalue weighted by molar-refractivity contribution is -0.262. The summed E-state index contributed by atoms with van der Waals surface area (Å²) in [4.78, 5) is 3.69. The molecule has 2 atom stereocenters.